The van der Waals surface area contributed by atoms with Gasteiger partial charge in [0.15, 0.2) is 5.69 Å². The fraction of sp³-hybridized carbons (Fsp3) is 0.214. The van der Waals surface area contributed by atoms with Gasteiger partial charge in [-0.05, 0) is 18.6 Å². The molecule has 1 N–H and O–H groups in total. The van der Waals surface area contributed by atoms with Crippen LogP contribution in [0.2, 0.25) is 0 Å². The third-order valence-electron chi connectivity index (χ3n) is 2.99. The summed E-state index contributed by atoms with van der Waals surface area (Å²) in [6, 6.07) is 8.95. The van der Waals surface area contributed by atoms with Crippen molar-refractivity contribution in [1.29, 1.82) is 0 Å². The minimum atomic E-state index is -0.515. The minimum absolute atomic E-state index is 0.139. The zero-order valence-electron chi connectivity index (χ0n) is 10.9. The molecule has 0 spiro atoms. The van der Waals surface area contributed by atoms with E-state index >= 15 is 0 Å². The van der Waals surface area contributed by atoms with Gasteiger partial charge in [0, 0.05) is 5.39 Å². The summed E-state index contributed by atoms with van der Waals surface area (Å²) >= 11 is 0. The molecule has 20 heavy (non-hydrogen) atoms. The molecule has 3 rings (SSSR count). The second kappa shape index (κ2) is 4.80. The monoisotopic (exact) mass is 271 g/mol. The molecule has 0 aliphatic heterocycles. The number of nitrogens with zero attached hydrogens (tertiary/aromatic N) is 2. The van der Waals surface area contributed by atoms with Crippen LogP contribution in [0, 0.1) is 0 Å². The summed E-state index contributed by atoms with van der Waals surface area (Å²) in [7, 11) is 0. The third kappa shape index (κ3) is 1.95. The summed E-state index contributed by atoms with van der Waals surface area (Å²) in [5, 5.41) is 4.84. The first kappa shape index (κ1) is 12.4. The number of aromatic nitrogens is 3. The molecule has 0 fully saturated rings. The van der Waals surface area contributed by atoms with E-state index in [2.05, 4.69) is 10.1 Å². The molecule has 0 unspecified atom stereocenters. The van der Waals surface area contributed by atoms with Crippen molar-refractivity contribution in [2.24, 2.45) is 0 Å². The number of ether oxygens (including phenoxy) is 1. The maximum absolute atomic E-state index is 11.9. The number of hydrogen-bond donors (Lipinski definition) is 1. The van der Waals surface area contributed by atoms with Crippen LogP contribution in [0.1, 0.15) is 23.8 Å². The van der Waals surface area contributed by atoms with E-state index in [1.165, 1.54) is 4.52 Å². The highest BCUT2D eigenvalue weighted by Crippen LogP contribution is 2.17. The van der Waals surface area contributed by atoms with E-state index in [1.807, 2.05) is 25.1 Å². The average Bonchev–Trinajstić information content (AvgIpc) is 2.91. The summed E-state index contributed by atoms with van der Waals surface area (Å²) in [6.45, 7) is 2.25. The van der Waals surface area contributed by atoms with Crippen LogP contribution >= 0.6 is 0 Å². The number of carbonyl (C=O) groups is 1. The van der Waals surface area contributed by atoms with Crippen LogP contribution in [-0.2, 0) is 4.74 Å². The molecule has 0 bridgehead atoms. The van der Waals surface area contributed by atoms with Gasteiger partial charge >= 0.3 is 11.7 Å². The van der Waals surface area contributed by atoms with Crippen LogP contribution in [0.5, 0.6) is 0 Å². The van der Waals surface area contributed by atoms with Crippen molar-refractivity contribution in [3.63, 3.8) is 0 Å². The number of benzene rings is 1. The summed E-state index contributed by atoms with van der Waals surface area (Å²) in [6.07, 6.45) is 0.739. The topological polar surface area (TPSA) is 76.5 Å². The quantitative estimate of drug-likeness (QED) is 0.736. The van der Waals surface area contributed by atoms with Gasteiger partial charge in [-0.3, -0.25) is 0 Å². The molecular weight excluding hydrogens is 258 g/mol. The number of nitrogens with one attached hydrogen (secondary N) is 1. The first-order chi connectivity index (χ1) is 9.70. The summed E-state index contributed by atoms with van der Waals surface area (Å²) in [4.78, 5) is 26.5. The Morgan fingerprint density at radius 3 is 3.00 bits per heavy atom. The number of hydrogen-bond acceptors (Lipinski definition) is 4. The van der Waals surface area contributed by atoms with Gasteiger partial charge < -0.3 is 9.72 Å². The Morgan fingerprint density at radius 2 is 2.20 bits per heavy atom. The second-order valence-electron chi connectivity index (χ2n) is 4.44. The Balaban J connectivity index is 2.19. The van der Waals surface area contributed by atoms with Crippen molar-refractivity contribution in [3.05, 3.63) is 46.5 Å². The SMILES string of the molecule is CCCOC(=O)c1cc2c3ccccc3[nH]c(=O)n2n1. The molecule has 0 saturated heterocycles. The van der Waals surface area contributed by atoms with Crippen molar-refractivity contribution in [3.8, 4) is 0 Å². The Morgan fingerprint density at radius 1 is 1.40 bits per heavy atom. The van der Waals surface area contributed by atoms with E-state index in [9.17, 15) is 9.59 Å². The zero-order valence-corrected chi connectivity index (χ0v) is 10.9. The molecule has 6 nitrogen and oxygen atoms in total. The Labute approximate surface area is 114 Å². The number of esters is 1. The first-order valence-electron chi connectivity index (χ1n) is 6.38. The number of aromatic amines is 1. The highest BCUT2D eigenvalue weighted by atomic mass is 16.5. The Bertz CT molecular complexity index is 848. The van der Waals surface area contributed by atoms with E-state index in [0.717, 1.165) is 11.8 Å². The smallest absolute Gasteiger partial charge is 0.358 e. The van der Waals surface area contributed by atoms with Crippen LogP contribution in [0.3, 0.4) is 0 Å². The van der Waals surface area contributed by atoms with Crippen LogP contribution in [0.25, 0.3) is 16.4 Å². The van der Waals surface area contributed by atoms with Crippen LogP contribution in [-0.4, -0.2) is 27.2 Å². The van der Waals surface area contributed by atoms with Gasteiger partial charge in [-0.1, -0.05) is 25.1 Å². The number of H-pyrrole nitrogens is 1. The highest BCUT2D eigenvalue weighted by molar-refractivity contribution is 5.97. The third-order valence-corrected chi connectivity index (χ3v) is 2.99. The normalized spacial score (nSPS) is 11.1. The molecule has 6 heteroatoms. The molecule has 102 valence electrons. The molecule has 1 aromatic carbocycles. The maximum atomic E-state index is 11.9. The lowest BCUT2D eigenvalue weighted by Gasteiger charge is -1.98. The fourth-order valence-corrected chi connectivity index (χ4v) is 2.08. The number of para-hydroxylation sites is 1. The van der Waals surface area contributed by atoms with Gasteiger partial charge in [0.2, 0.25) is 0 Å². The van der Waals surface area contributed by atoms with Crippen molar-refractivity contribution in [1.82, 2.24) is 14.6 Å². The van der Waals surface area contributed by atoms with Crippen LogP contribution in [0.15, 0.2) is 35.1 Å². The van der Waals surface area contributed by atoms with E-state index in [-0.39, 0.29) is 11.4 Å². The average molecular weight is 271 g/mol. The van der Waals surface area contributed by atoms with E-state index in [0.29, 0.717) is 17.6 Å². The number of rotatable bonds is 3. The largest absolute Gasteiger partial charge is 0.461 e. The molecule has 2 aromatic heterocycles. The van der Waals surface area contributed by atoms with Crippen LogP contribution < -0.4 is 5.69 Å². The molecule has 3 aromatic rings. The number of fused-ring (bicyclic) bond motifs is 3. The lowest BCUT2D eigenvalue weighted by atomic mass is 10.2. The molecule has 0 amide bonds. The summed E-state index contributed by atoms with van der Waals surface area (Å²) in [5.74, 6) is -0.515. The fourth-order valence-electron chi connectivity index (χ4n) is 2.08. The van der Waals surface area contributed by atoms with E-state index in [1.54, 1.807) is 12.1 Å². The van der Waals surface area contributed by atoms with E-state index in [4.69, 9.17) is 4.74 Å². The predicted molar refractivity (Wildman–Crippen MR) is 73.9 cm³/mol. The van der Waals surface area contributed by atoms with Gasteiger partial charge in [0.1, 0.15) is 0 Å². The van der Waals surface area contributed by atoms with Gasteiger partial charge in [-0.15, -0.1) is 0 Å². The molecule has 0 atom stereocenters. The van der Waals surface area contributed by atoms with Crippen molar-refractivity contribution in [2.75, 3.05) is 6.61 Å². The maximum Gasteiger partial charge on any atom is 0.358 e. The molecular formula is C14H13N3O3. The lowest BCUT2D eigenvalue weighted by molar-refractivity contribution is 0.0498. The molecule has 0 saturated carbocycles. The first-order valence-corrected chi connectivity index (χ1v) is 6.38. The highest BCUT2D eigenvalue weighted by Gasteiger charge is 2.15. The van der Waals surface area contributed by atoms with Crippen molar-refractivity contribution in [2.45, 2.75) is 13.3 Å². The second-order valence-corrected chi connectivity index (χ2v) is 4.44. The lowest BCUT2D eigenvalue weighted by Crippen LogP contribution is -2.18. The van der Waals surface area contributed by atoms with Crippen molar-refractivity contribution >= 4 is 22.4 Å². The van der Waals surface area contributed by atoms with Crippen LogP contribution in [0.4, 0.5) is 0 Å². The van der Waals surface area contributed by atoms with Gasteiger partial charge in [0.25, 0.3) is 0 Å². The standard InChI is InChI=1S/C14H13N3O3/c1-2-7-20-13(18)11-8-12-9-5-3-4-6-10(9)15-14(19)17(12)16-11/h3-6,8H,2,7H2,1H3,(H,15,19). The van der Waals surface area contributed by atoms with E-state index < -0.39 is 5.97 Å². The molecule has 0 aliphatic carbocycles. The van der Waals surface area contributed by atoms with Gasteiger partial charge in [-0.2, -0.15) is 9.61 Å². The Kier molecular flexibility index (Phi) is 2.98. The Hall–Kier alpha value is -2.63. The number of carbonyl (C=O) groups excluding carboxylic acids is 1. The predicted octanol–water partition coefficient (Wildman–Crippen LogP) is 1.74. The molecule has 0 radical (unpaired) electrons. The summed E-state index contributed by atoms with van der Waals surface area (Å²) < 4.78 is 6.22. The van der Waals surface area contributed by atoms with Gasteiger partial charge in [0.05, 0.1) is 17.6 Å². The summed E-state index contributed by atoms with van der Waals surface area (Å²) in [5.41, 5.74) is 1.06. The van der Waals surface area contributed by atoms with Crippen molar-refractivity contribution < 1.29 is 9.53 Å². The molecule has 2 heterocycles. The molecule has 0 aliphatic rings. The zero-order chi connectivity index (χ0) is 14.1. The van der Waals surface area contributed by atoms with Gasteiger partial charge in [-0.25, -0.2) is 9.59 Å². The minimum Gasteiger partial charge on any atom is -0.461 e.